The second-order valence-corrected chi connectivity index (χ2v) is 7.00. The molecule has 2 atom stereocenters. The van der Waals surface area contributed by atoms with Gasteiger partial charge in [0.15, 0.2) is 0 Å². The molecule has 1 aliphatic rings. The Balaban J connectivity index is 3.58. The van der Waals surface area contributed by atoms with E-state index in [1.807, 2.05) is 0 Å². The second-order valence-electron chi connectivity index (χ2n) is 7.00. The van der Waals surface area contributed by atoms with Crippen molar-refractivity contribution in [2.75, 3.05) is 0 Å². The lowest BCUT2D eigenvalue weighted by Gasteiger charge is -2.71. The standard InChI is InChI=1S/C13H16B8/c1-4-11(18,9(2,14)15)12(19,8-6-5-7-8)13(20,21)10(3,16)17/h4,8H,1,5-7H2,2-3H3. The Hall–Kier alpha value is 0.259. The monoisotopic (exact) mass is 260 g/mol. The van der Waals surface area contributed by atoms with Crippen LogP contribution in [0.1, 0.15) is 33.1 Å². The highest BCUT2D eigenvalue weighted by Gasteiger charge is 2.60. The molecule has 92 valence electrons. The zero-order valence-corrected chi connectivity index (χ0v) is 13.1. The van der Waals surface area contributed by atoms with Crippen molar-refractivity contribution >= 4 is 62.8 Å². The molecular weight excluding hydrogens is 243 g/mol. The van der Waals surface area contributed by atoms with E-state index in [1.165, 1.54) is 13.0 Å². The maximum absolute atomic E-state index is 6.68. The molecule has 0 saturated heterocycles. The molecule has 1 aliphatic carbocycles. The van der Waals surface area contributed by atoms with Crippen molar-refractivity contribution < 1.29 is 0 Å². The van der Waals surface area contributed by atoms with Gasteiger partial charge in [0.05, 0.1) is 62.8 Å². The van der Waals surface area contributed by atoms with E-state index < -0.39 is 26.3 Å². The Morgan fingerprint density at radius 1 is 0.857 bits per heavy atom. The van der Waals surface area contributed by atoms with Crippen LogP contribution < -0.4 is 0 Å². The molecule has 0 heterocycles. The highest BCUT2D eigenvalue weighted by atomic mass is 14.6. The molecule has 1 saturated carbocycles. The van der Waals surface area contributed by atoms with E-state index in [4.69, 9.17) is 62.8 Å². The number of allylic oxidation sites excluding steroid dienone is 1. The van der Waals surface area contributed by atoms with Crippen LogP contribution in [-0.4, -0.2) is 62.8 Å². The fraction of sp³-hybridized carbons (Fsp3) is 0.846. The van der Waals surface area contributed by atoms with Crippen molar-refractivity contribution in [1.29, 1.82) is 0 Å². The van der Waals surface area contributed by atoms with E-state index in [0.717, 1.165) is 19.3 Å². The van der Waals surface area contributed by atoms with Gasteiger partial charge in [-0.05, 0) is 5.92 Å². The molecular formula is C13H16B8. The lowest BCUT2D eigenvalue weighted by Crippen LogP contribution is -2.55. The third-order valence-electron chi connectivity index (χ3n) is 5.22. The van der Waals surface area contributed by atoms with Crippen molar-refractivity contribution in [3.63, 3.8) is 0 Å². The van der Waals surface area contributed by atoms with Crippen molar-refractivity contribution in [2.24, 2.45) is 5.92 Å². The number of hydrogen-bond donors (Lipinski definition) is 0. The zero-order valence-electron chi connectivity index (χ0n) is 13.1. The molecule has 0 aromatic rings. The molecule has 1 fully saturated rings. The van der Waals surface area contributed by atoms with Gasteiger partial charge in [0.1, 0.15) is 0 Å². The van der Waals surface area contributed by atoms with Crippen LogP contribution in [0.3, 0.4) is 0 Å². The van der Waals surface area contributed by atoms with Gasteiger partial charge < -0.3 is 0 Å². The lowest BCUT2D eigenvalue weighted by molar-refractivity contribution is 0.156. The van der Waals surface area contributed by atoms with E-state index in [1.54, 1.807) is 6.92 Å². The lowest BCUT2D eigenvalue weighted by atomic mass is 9.11. The summed E-state index contributed by atoms with van der Waals surface area (Å²) < 4.78 is 0. The van der Waals surface area contributed by atoms with Crippen LogP contribution in [0.2, 0.25) is 26.3 Å². The van der Waals surface area contributed by atoms with Crippen LogP contribution in [0.5, 0.6) is 0 Å². The highest BCUT2D eigenvalue weighted by molar-refractivity contribution is 6.58. The Morgan fingerprint density at radius 2 is 1.29 bits per heavy atom. The van der Waals surface area contributed by atoms with Crippen LogP contribution >= 0.6 is 0 Å². The van der Waals surface area contributed by atoms with Crippen molar-refractivity contribution in [3.05, 3.63) is 12.7 Å². The molecule has 0 spiro atoms. The maximum Gasteiger partial charge on any atom is 0.0786 e. The van der Waals surface area contributed by atoms with Gasteiger partial charge in [-0.2, -0.15) is 0 Å². The summed E-state index contributed by atoms with van der Waals surface area (Å²) in [7, 11) is 49.9. The highest BCUT2D eigenvalue weighted by Crippen LogP contribution is 2.78. The van der Waals surface area contributed by atoms with Gasteiger partial charge in [-0.1, -0.05) is 49.8 Å². The minimum atomic E-state index is -1.71. The van der Waals surface area contributed by atoms with Crippen LogP contribution in [0.15, 0.2) is 12.7 Å². The smallest absolute Gasteiger partial charge is 0.0786 e. The summed E-state index contributed by atoms with van der Waals surface area (Å²) in [5.74, 6) is -0.103. The van der Waals surface area contributed by atoms with Crippen molar-refractivity contribution in [2.45, 2.75) is 59.4 Å². The molecule has 0 nitrogen and oxygen atoms in total. The Bertz CT molecular complexity index is 403. The first-order valence-corrected chi connectivity index (χ1v) is 7.11. The van der Waals surface area contributed by atoms with Gasteiger partial charge >= 0.3 is 0 Å². The Morgan fingerprint density at radius 3 is 1.48 bits per heavy atom. The summed E-state index contributed by atoms with van der Waals surface area (Å²) in [4.78, 5) is 0. The summed E-state index contributed by atoms with van der Waals surface area (Å²) in [6.07, 6.45) is 3.99. The average Bonchev–Trinajstić information content (AvgIpc) is 2.21. The van der Waals surface area contributed by atoms with Crippen LogP contribution in [0.4, 0.5) is 0 Å². The Kier molecular flexibility index (Phi) is 4.98. The Labute approximate surface area is 141 Å². The topological polar surface area (TPSA) is 0 Å². The third kappa shape index (κ3) is 2.57. The summed E-state index contributed by atoms with van der Waals surface area (Å²) in [6, 6.07) is 0. The van der Waals surface area contributed by atoms with Crippen LogP contribution in [0.25, 0.3) is 0 Å². The van der Waals surface area contributed by atoms with E-state index >= 15 is 0 Å². The second kappa shape index (κ2) is 5.41. The maximum atomic E-state index is 6.68. The molecule has 0 amide bonds. The van der Waals surface area contributed by atoms with Gasteiger partial charge in [-0.3, -0.25) is 0 Å². The molecule has 16 radical (unpaired) electrons. The minimum absolute atomic E-state index is 0.103. The molecule has 21 heavy (non-hydrogen) atoms. The molecule has 2 unspecified atom stereocenters. The summed E-state index contributed by atoms with van der Waals surface area (Å²) in [5, 5.41) is -7.50. The first kappa shape index (κ1) is 19.3. The van der Waals surface area contributed by atoms with Gasteiger partial charge in [-0.25, -0.2) is 0 Å². The molecule has 0 bridgehead atoms. The predicted octanol–water partition coefficient (Wildman–Crippen LogP) is 1.03. The van der Waals surface area contributed by atoms with Gasteiger partial charge in [0, 0.05) is 0 Å². The van der Waals surface area contributed by atoms with Gasteiger partial charge in [0.25, 0.3) is 0 Å². The fourth-order valence-corrected chi connectivity index (χ4v) is 3.16. The van der Waals surface area contributed by atoms with Crippen LogP contribution in [0, 0.1) is 5.92 Å². The molecule has 1 rings (SSSR count). The third-order valence-corrected chi connectivity index (χ3v) is 5.22. The predicted molar refractivity (Wildman–Crippen MR) is 98.4 cm³/mol. The van der Waals surface area contributed by atoms with E-state index in [-0.39, 0.29) is 5.92 Å². The van der Waals surface area contributed by atoms with E-state index in [2.05, 4.69) is 6.58 Å². The van der Waals surface area contributed by atoms with Gasteiger partial charge in [0.2, 0.25) is 0 Å². The van der Waals surface area contributed by atoms with Crippen molar-refractivity contribution in [1.82, 2.24) is 0 Å². The average molecular weight is 259 g/mol. The number of rotatable bonds is 6. The van der Waals surface area contributed by atoms with Crippen molar-refractivity contribution in [3.8, 4) is 0 Å². The quantitative estimate of drug-likeness (QED) is 0.493. The molecule has 8 heteroatoms. The molecule has 0 N–H and O–H groups in total. The largest absolute Gasteiger partial charge is 0.111 e. The first-order chi connectivity index (χ1) is 9.17. The normalized spacial score (nSPS) is 23.5. The summed E-state index contributed by atoms with van der Waals surface area (Å²) in [6.45, 7) is 6.80. The zero-order chi connectivity index (χ0) is 16.9. The summed E-state index contributed by atoms with van der Waals surface area (Å²) in [5.41, 5.74) is 0. The molecule has 0 aromatic carbocycles. The van der Waals surface area contributed by atoms with E-state index in [0.29, 0.717) is 0 Å². The van der Waals surface area contributed by atoms with Crippen LogP contribution in [-0.2, 0) is 0 Å². The first-order valence-electron chi connectivity index (χ1n) is 7.11. The fourth-order valence-electron chi connectivity index (χ4n) is 3.16. The van der Waals surface area contributed by atoms with E-state index in [9.17, 15) is 0 Å². The minimum Gasteiger partial charge on any atom is -0.111 e. The van der Waals surface area contributed by atoms with Gasteiger partial charge in [-0.15, -0.1) is 22.2 Å². The molecule has 0 aliphatic heterocycles. The number of hydrogen-bond acceptors (Lipinski definition) is 0. The SMILES string of the molecule is [B]C([B])(C)C([B])([B])C([B])(C1CCC1)C([B])(C=C)C([B])([B])C. The molecule has 0 aromatic heterocycles. The summed E-state index contributed by atoms with van der Waals surface area (Å²) >= 11 is 0.